The molecule has 0 bridgehead atoms. The van der Waals surface area contributed by atoms with E-state index in [1.807, 2.05) is 19.1 Å². The molecule has 0 aromatic carbocycles. The Morgan fingerprint density at radius 1 is 1.17 bits per heavy atom. The van der Waals surface area contributed by atoms with Crippen LogP contribution in [0, 0.1) is 29.1 Å². The molecule has 0 amide bonds. The summed E-state index contributed by atoms with van der Waals surface area (Å²) in [6.45, 7) is 9.60. The van der Waals surface area contributed by atoms with E-state index in [0.29, 0.717) is 17.6 Å². The van der Waals surface area contributed by atoms with E-state index in [1.54, 1.807) is 13.0 Å². The zero-order valence-corrected chi connectivity index (χ0v) is 22.5. The molecule has 0 unspecified atom stereocenters. The third-order valence-electron chi connectivity index (χ3n) is 9.89. The van der Waals surface area contributed by atoms with Gasteiger partial charge in [0.05, 0.1) is 12.2 Å². The van der Waals surface area contributed by atoms with Crippen molar-refractivity contribution in [3.63, 3.8) is 0 Å². The van der Waals surface area contributed by atoms with Crippen LogP contribution in [0.15, 0.2) is 35.5 Å². The molecule has 0 aliphatic heterocycles. The summed E-state index contributed by atoms with van der Waals surface area (Å²) in [6.07, 6.45) is 14.2. The van der Waals surface area contributed by atoms with Crippen molar-refractivity contribution in [3.05, 3.63) is 35.5 Å². The monoisotopic (exact) mass is 500 g/mol. The summed E-state index contributed by atoms with van der Waals surface area (Å²) in [7, 11) is 0. The number of aliphatic hydroxyl groups is 3. The summed E-state index contributed by atoms with van der Waals surface area (Å²) < 4.78 is 6.19. The number of unbranched alkanes of at least 4 members (excludes halogenated alkanes) is 5. The van der Waals surface area contributed by atoms with E-state index in [9.17, 15) is 24.9 Å². The minimum absolute atomic E-state index is 0.00665. The number of hydrogen-bond acceptors (Lipinski definition) is 6. The van der Waals surface area contributed by atoms with Crippen LogP contribution in [0.4, 0.5) is 0 Å². The van der Waals surface area contributed by atoms with Gasteiger partial charge in [0, 0.05) is 35.7 Å². The molecule has 0 saturated heterocycles. The normalized spacial score (nSPS) is 40.6. The second-order valence-corrected chi connectivity index (χ2v) is 12.4. The van der Waals surface area contributed by atoms with Crippen LogP contribution < -0.4 is 0 Å². The second-order valence-electron chi connectivity index (χ2n) is 12.4. The fourth-order valence-corrected chi connectivity index (χ4v) is 7.86. The third kappa shape index (κ3) is 3.95. The standard InChI is InChI=1S/C30H44O6/c1-6-7-8-9-10-11-12-13-24(32)36-29-16-20(3)30(35)22(25(29)27(29,4)5)15-21(18-31)17-28(34)23(30)14-19(2)26(28)33/h12-15,20,22-23,25,31,34-35H,6-11,16-18H2,1-5H3/b13-12+/t20-,22+,23-,25-,28-,29+,30-/m1/s1. The number of ketones is 1. The number of allylic oxidation sites excluding steroid dienone is 1. The number of carbonyl (C=O) groups excluding carboxylic acids is 2. The molecule has 0 aromatic rings. The van der Waals surface area contributed by atoms with Crippen LogP contribution in [0.5, 0.6) is 0 Å². The van der Waals surface area contributed by atoms with Crippen LogP contribution in [-0.2, 0) is 14.3 Å². The first-order chi connectivity index (χ1) is 16.9. The van der Waals surface area contributed by atoms with Crippen LogP contribution in [0.25, 0.3) is 0 Å². The van der Waals surface area contributed by atoms with E-state index < -0.39 is 34.1 Å². The molecule has 0 aromatic heterocycles. The summed E-state index contributed by atoms with van der Waals surface area (Å²) in [5, 5.41) is 34.0. The van der Waals surface area contributed by atoms with Crippen molar-refractivity contribution in [3.8, 4) is 0 Å². The number of Topliss-reactive ketones (excluding diaryl/α,β-unsaturated/α-hetero) is 1. The number of fused-ring (bicyclic) bond motifs is 5. The van der Waals surface area contributed by atoms with Gasteiger partial charge < -0.3 is 20.1 Å². The molecule has 200 valence electrons. The van der Waals surface area contributed by atoms with Crippen molar-refractivity contribution in [1.82, 2.24) is 0 Å². The van der Waals surface area contributed by atoms with Crippen molar-refractivity contribution in [2.24, 2.45) is 29.1 Å². The van der Waals surface area contributed by atoms with Gasteiger partial charge in [0.15, 0.2) is 5.78 Å². The molecule has 3 N–H and O–H groups in total. The molecular weight excluding hydrogens is 456 g/mol. The van der Waals surface area contributed by atoms with Gasteiger partial charge in [0.1, 0.15) is 11.2 Å². The lowest BCUT2D eigenvalue weighted by molar-refractivity contribution is -0.185. The summed E-state index contributed by atoms with van der Waals surface area (Å²) in [5.74, 6) is -2.54. The minimum atomic E-state index is -1.77. The van der Waals surface area contributed by atoms with E-state index in [0.717, 1.165) is 19.3 Å². The van der Waals surface area contributed by atoms with Crippen molar-refractivity contribution in [2.45, 2.75) is 103 Å². The second kappa shape index (κ2) is 9.52. The predicted octanol–water partition coefficient (Wildman–Crippen LogP) is 4.43. The molecule has 4 aliphatic rings. The highest BCUT2D eigenvalue weighted by Crippen LogP contribution is 2.76. The average molecular weight is 501 g/mol. The molecule has 36 heavy (non-hydrogen) atoms. The fraction of sp³-hybridized carbons (Fsp3) is 0.733. The Balaban J connectivity index is 1.59. The van der Waals surface area contributed by atoms with Crippen LogP contribution in [0.1, 0.15) is 86.0 Å². The van der Waals surface area contributed by atoms with Gasteiger partial charge in [-0.15, -0.1) is 0 Å². The maximum absolute atomic E-state index is 13.0. The van der Waals surface area contributed by atoms with Gasteiger partial charge in [-0.05, 0) is 43.3 Å². The summed E-state index contributed by atoms with van der Waals surface area (Å²) in [6, 6.07) is 0. The highest BCUT2D eigenvalue weighted by atomic mass is 16.6. The lowest BCUT2D eigenvalue weighted by Gasteiger charge is -2.50. The van der Waals surface area contributed by atoms with Crippen molar-refractivity contribution in [2.75, 3.05) is 6.61 Å². The van der Waals surface area contributed by atoms with E-state index in [-0.39, 0.29) is 36.6 Å². The largest absolute Gasteiger partial charge is 0.455 e. The maximum atomic E-state index is 13.0. The van der Waals surface area contributed by atoms with Gasteiger partial charge >= 0.3 is 5.97 Å². The number of aliphatic hydroxyl groups excluding tert-OH is 1. The summed E-state index contributed by atoms with van der Waals surface area (Å²) in [5.41, 5.74) is -3.33. The highest BCUT2D eigenvalue weighted by molar-refractivity contribution is 6.04. The molecule has 6 nitrogen and oxygen atoms in total. The lowest BCUT2D eigenvalue weighted by Crippen LogP contribution is -2.61. The lowest BCUT2D eigenvalue weighted by atomic mass is 9.60. The van der Waals surface area contributed by atoms with E-state index >= 15 is 0 Å². The Labute approximate surface area is 215 Å². The van der Waals surface area contributed by atoms with Crippen LogP contribution >= 0.6 is 0 Å². The smallest absolute Gasteiger partial charge is 0.331 e. The van der Waals surface area contributed by atoms with Crippen LogP contribution in [-0.4, -0.2) is 50.5 Å². The Morgan fingerprint density at radius 2 is 1.86 bits per heavy atom. The molecular formula is C30H44O6. The molecule has 2 fully saturated rings. The SMILES string of the molecule is CCCCCCC/C=C/C(=O)O[C@@]12C[C@@H](C)[C@@]3(O)[C@@H](C=C(CO)C[C@]4(O)C(=O)C(C)=C[C@@H]34)[C@@H]1C2(C)C. The van der Waals surface area contributed by atoms with Crippen molar-refractivity contribution < 1.29 is 29.6 Å². The molecule has 0 spiro atoms. The van der Waals surface area contributed by atoms with Gasteiger partial charge in [0.25, 0.3) is 0 Å². The Kier molecular flexibility index (Phi) is 7.21. The Hall–Kier alpha value is -1.76. The van der Waals surface area contributed by atoms with Crippen LogP contribution in [0.2, 0.25) is 0 Å². The maximum Gasteiger partial charge on any atom is 0.331 e. The van der Waals surface area contributed by atoms with Gasteiger partial charge in [-0.1, -0.05) is 71.6 Å². The van der Waals surface area contributed by atoms with Crippen molar-refractivity contribution in [1.29, 1.82) is 0 Å². The quantitative estimate of drug-likeness (QED) is 0.187. The molecule has 6 heteroatoms. The summed E-state index contributed by atoms with van der Waals surface area (Å²) in [4.78, 5) is 25.9. The topological polar surface area (TPSA) is 104 Å². The predicted molar refractivity (Wildman–Crippen MR) is 138 cm³/mol. The minimum Gasteiger partial charge on any atom is -0.455 e. The molecule has 4 aliphatic carbocycles. The van der Waals surface area contributed by atoms with E-state index in [1.165, 1.54) is 25.3 Å². The first kappa shape index (κ1) is 27.3. The number of hydrogen-bond donors (Lipinski definition) is 3. The van der Waals surface area contributed by atoms with Gasteiger partial charge in [0.2, 0.25) is 0 Å². The fourth-order valence-electron chi connectivity index (χ4n) is 7.86. The van der Waals surface area contributed by atoms with E-state index in [2.05, 4.69) is 20.8 Å². The zero-order chi connectivity index (χ0) is 26.5. The average Bonchev–Trinajstić information content (AvgIpc) is 3.22. The third-order valence-corrected chi connectivity index (χ3v) is 9.89. The first-order valence-electron chi connectivity index (χ1n) is 13.8. The first-order valence-corrected chi connectivity index (χ1v) is 13.8. The zero-order valence-electron chi connectivity index (χ0n) is 22.5. The number of ether oxygens (including phenoxy) is 1. The Morgan fingerprint density at radius 3 is 2.53 bits per heavy atom. The molecule has 7 atom stereocenters. The molecule has 2 saturated carbocycles. The molecule has 4 rings (SSSR count). The van der Waals surface area contributed by atoms with E-state index in [4.69, 9.17) is 4.74 Å². The van der Waals surface area contributed by atoms with Gasteiger partial charge in [-0.25, -0.2) is 4.79 Å². The van der Waals surface area contributed by atoms with Gasteiger partial charge in [-0.3, -0.25) is 4.79 Å². The molecule has 0 radical (unpaired) electrons. The molecule has 0 heterocycles. The Bertz CT molecular complexity index is 991. The van der Waals surface area contributed by atoms with Crippen LogP contribution in [0.3, 0.4) is 0 Å². The number of esters is 1. The summed E-state index contributed by atoms with van der Waals surface area (Å²) >= 11 is 0. The van der Waals surface area contributed by atoms with Crippen molar-refractivity contribution >= 4 is 11.8 Å². The highest BCUT2D eigenvalue weighted by Gasteiger charge is 2.83. The number of rotatable bonds is 9. The number of carbonyl (C=O) groups is 2. The van der Waals surface area contributed by atoms with Gasteiger partial charge in [-0.2, -0.15) is 0 Å².